The number of carbonyl (C=O) groups excluding carboxylic acids is 3. The highest BCUT2D eigenvalue weighted by Crippen LogP contribution is 2.48. The van der Waals surface area contributed by atoms with Crippen molar-refractivity contribution in [2.75, 3.05) is 46.3 Å². The summed E-state index contributed by atoms with van der Waals surface area (Å²) >= 11 is 1.64. The van der Waals surface area contributed by atoms with Crippen LogP contribution in [0.4, 0.5) is 0 Å². The molecular formula is C51H77N5O12S2. The lowest BCUT2D eigenvalue weighted by Crippen LogP contribution is -2.52. The molecule has 390 valence electrons. The van der Waals surface area contributed by atoms with Gasteiger partial charge in [-0.3, -0.25) is 24.4 Å². The second-order valence-corrected chi connectivity index (χ2v) is 25.1. The third kappa shape index (κ3) is 10.2. The predicted octanol–water partition coefficient (Wildman–Crippen LogP) is 4.41. The summed E-state index contributed by atoms with van der Waals surface area (Å²) in [6, 6.07) is -0.720. The summed E-state index contributed by atoms with van der Waals surface area (Å²) in [5, 5.41) is 27.7. The minimum atomic E-state index is -4.55. The molecule has 70 heavy (non-hydrogen) atoms. The van der Waals surface area contributed by atoms with Gasteiger partial charge in [0.05, 0.1) is 38.7 Å². The number of amides is 2. The molecule has 10 rings (SSSR count). The van der Waals surface area contributed by atoms with E-state index in [9.17, 15) is 37.6 Å². The molecule has 0 aromatic rings. The van der Waals surface area contributed by atoms with Crippen LogP contribution in [0.3, 0.4) is 0 Å². The van der Waals surface area contributed by atoms with Gasteiger partial charge in [0.1, 0.15) is 48.4 Å². The monoisotopic (exact) mass is 1020 g/mol. The molecule has 0 radical (unpaired) electrons. The van der Waals surface area contributed by atoms with E-state index in [0.29, 0.717) is 87.3 Å². The van der Waals surface area contributed by atoms with Crippen LogP contribution >= 0.6 is 11.8 Å². The molecule has 5 N–H and O–H groups in total. The lowest BCUT2D eigenvalue weighted by Gasteiger charge is -2.37. The molecule has 17 nitrogen and oxygen atoms in total. The van der Waals surface area contributed by atoms with Crippen LogP contribution in [0.15, 0.2) is 34.7 Å². The number of ether oxygens (including phenoxy) is 4. The highest BCUT2D eigenvalue weighted by Gasteiger charge is 2.57. The Hall–Kier alpha value is -2.91. The summed E-state index contributed by atoms with van der Waals surface area (Å²) < 4.78 is 62.2. The van der Waals surface area contributed by atoms with Crippen LogP contribution in [-0.2, 0) is 43.4 Å². The zero-order chi connectivity index (χ0) is 48.8. The van der Waals surface area contributed by atoms with Crippen molar-refractivity contribution < 1.29 is 56.5 Å². The van der Waals surface area contributed by atoms with Crippen LogP contribution in [-0.4, -0.2) is 162 Å². The quantitative estimate of drug-likeness (QED) is 0.0627. The maximum absolute atomic E-state index is 14.5. The average Bonchev–Trinajstić information content (AvgIpc) is 3.96. The fourth-order valence-electron chi connectivity index (χ4n) is 14.9. The van der Waals surface area contributed by atoms with E-state index in [0.717, 1.165) is 74.9 Å². The van der Waals surface area contributed by atoms with Gasteiger partial charge in [0, 0.05) is 92.8 Å². The van der Waals surface area contributed by atoms with Gasteiger partial charge in [-0.15, -0.1) is 0 Å². The van der Waals surface area contributed by atoms with Gasteiger partial charge in [-0.05, 0) is 87.0 Å². The van der Waals surface area contributed by atoms with E-state index in [4.69, 9.17) is 18.9 Å². The van der Waals surface area contributed by atoms with Crippen LogP contribution in [0.1, 0.15) is 122 Å². The minimum absolute atomic E-state index is 0.0355. The number of unbranched alkanes of at least 4 members (excludes halogenated alkanes) is 1. The molecule has 0 aromatic carbocycles. The van der Waals surface area contributed by atoms with Gasteiger partial charge < -0.3 is 49.1 Å². The highest BCUT2D eigenvalue weighted by atomic mass is 32.2. The standard InChI is InChI=1S/C51H77N5O12S2/c1-65-42-20-35-37(52-25-34-18-32-9-3-5-11-39(32)55(34)49(35)59)22-44(42)67-26-29-15-30(17-31(16-29)28-69-46-24-47(58)54(51(46)61)13-7-8-14-57)27-68-45-23-38-36(21-43(45)66-2)50(60)56-40-12-6-4-10-33(40)19-41(56)48(53-38)70(62,63)64/h14,17,29,31-41,46-48,51-53,58,61H,3-13,15-16,18-28H2,1-2H3,(H,62,63,64)/t29-,31-,32+,33-,34-,35-,36+,37+,38-,39+,40?,41-,46?,47?,48?,51-/m0/s1. The largest absolute Gasteiger partial charge is 0.498 e. The maximum Gasteiger partial charge on any atom is 0.283 e. The first-order chi connectivity index (χ1) is 33.8. The molecule has 5 aliphatic heterocycles. The Morgan fingerprint density at radius 3 is 2.16 bits per heavy atom. The number of allylic oxidation sites excluding steroid dienone is 3. The van der Waals surface area contributed by atoms with Crippen molar-refractivity contribution in [2.24, 2.45) is 35.5 Å². The number of aldehydes is 1. The second kappa shape index (κ2) is 21.5. The van der Waals surface area contributed by atoms with Gasteiger partial charge in [-0.25, -0.2) is 0 Å². The van der Waals surface area contributed by atoms with Gasteiger partial charge in [-0.2, -0.15) is 20.2 Å². The SMILES string of the molecule is COC1=C(OCC2=C[C@@H](CSC3CC(O)N(CCCC=O)[C@H]3O)C[C@@H](COC3=C(OC)C[C@@H]4C(=O)N5[C@H](CN[C@@H]4C3)C[C@H]3CCCC[C@H]35)C2)C[C@@H]2NC(S(=O)(=O)O)[C@@H]3C[C@@H]4CCCCC4N3C(=O)[C@@H]2C1. The Balaban J connectivity index is 0.840. The van der Waals surface area contributed by atoms with Crippen LogP contribution in [0.2, 0.25) is 0 Å². The molecular weight excluding hydrogens is 939 g/mol. The number of methoxy groups -OCH3 is 2. The van der Waals surface area contributed by atoms with E-state index in [1.54, 1.807) is 35.8 Å². The summed E-state index contributed by atoms with van der Waals surface area (Å²) in [4.78, 5) is 45.5. The lowest BCUT2D eigenvalue weighted by molar-refractivity contribution is -0.140. The van der Waals surface area contributed by atoms with Gasteiger partial charge >= 0.3 is 0 Å². The van der Waals surface area contributed by atoms with Crippen molar-refractivity contribution in [1.82, 2.24) is 25.3 Å². The topological polar surface area (TPSA) is 217 Å². The third-order valence-electron chi connectivity index (χ3n) is 18.2. The van der Waals surface area contributed by atoms with Gasteiger partial charge in [-0.1, -0.05) is 31.8 Å². The summed E-state index contributed by atoms with van der Waals surface area (Å²) in [5.41, 5.74) is 1.06. The molecule has 7 fully saturated rings. The molecule has 5 heterocycles. The molecule has 5 aliphatic carbocycles. The third-order valence-corrected chi connectivity index (χ3v) is 20.8. The highest BCUT2D eigenvalue weighted by molar-refractivity contribution is 8.00. The van der Waals surface area contributed by atoms with Crippen molar-refractivity contribution >= 4 is 40.0 Å². The number of carbonyl (C=O) groups is 3. The second-order valence-electron chi connectivity index (χ2n) is 22.3. The van der Waals surface area contributed by atoms with Gasteiger partial charge in [0.2, 0.25) is 11.8 Å². The number of hydrogen-bond donors (Lipinski definition) is 5. The molecule has 0 bridgehead atoms. The number of aliphatic hydroxyl groups excluding tert-OH is 2. The van der Waals surface area contributed by atoms with Gasteiger partial charge in [0.25, 0.3) is 10.1 Å². The molecule has 19 heteroatoms. The van der Waals surface area contributed by atoms with E-state index >= 15 is 0 Å². The summed E-state index contributed by atoms with van der Waals surface area (Å²) in [6.07, 6.45) is 16.1. The Morgan fingerprint density at radius 1 is 0.786 bits per heavy atom. The molecule has 2 saturated carbocycles. The fourth-order valence-corrected chi connectivity index (χ4v) is 17.2. The molecule has 0 aromatic heterocycles. The fraction of sp³-hybridized carbons (Fsp3) is 0.824. The first-order valence-electron chi connectivity index (χ1n) is 26.6. The van der Waals surface area contributed by atoms with Gasteiger partial charge in [0.15, 0.2) is 5.37 Å². The van der Waals surface area contributed by atoms with E-state index in [-0.39, 0.29) is 78.3 Å². The zero-order valence-electron chi connectivity index (χ0n) is 41.0. The molecule has 5 saturated heterocycles. The molecule has 10 aliphatic rings. The molecule has 4 unspecified atom stereocenters. The van der Waals surface area contributed by atoms with Crippen molar-refractivity contribution in [3.05, 3.63) is 34.7 Å². The summed E-state index contributed by atoms with van der Waals surface area (Å²) in [6.45, 7) is 1.90. The van der Waals surface area contributed by atoms with E-state index in [1.165, 1.54) is 19.3 Å². The van der Waals surface area contributed by atoms with Crippen molar-refractivity contribution in [2.45, 2.75) is 181 Å². The normalized spacial score (nSPS) is 40.0. The number of nitrogens with one attached hydrogen (secondary N) is 2. The number of hydrogen-bond acceptors (Lipinski definition) is 15. The number of fused-ring (bicyclic) bond motifs is 8. The Morgan fingerprint density at radius 2 is 1.44 bits per heavy atom. The maximum atomic E-state index is 14.5. The van der Waals surface area contributed by atoms with Crippen LogP contribution < -0.4 is 10.6 Å². The Bertz CT molecular complexity index is 2160. The number of likely N-dealkylation sites (tertiary alicyclic amines) is 1. The van der Waals surface area contributed by atoms with Crippen molar-refractivity contribution in [1.29, 1.82) is 0 Å². The summed E-state index contributed by atoms with van der Waals surface area (Å²) in [7, 11) is -1.31. The predicted molar refractivity (Wildman–Crippen MR) is 261 cm³/mol. The van der Waals surface area contributed by atoms with Crippen LogP contribution in [0.25, 0.3) is 0 Å². The molecule has 16 atom stereocenters. The average molecular weight is 1020 g/mol. The van der Waals surface area contributed by atoms with E-state index < -0.39 is 45.9 Å². The molecule has 0 spiro atoms. The number of rotatable bonds is 16. The van der Waals surface area contributed by atoms with Crippen molar-refractivity contribution in [3.63, 3.8) is 0 Å². The van der Waals surface area contributed by atoms with Crippen molar-refractivity contribution in [3.8, 4) is 0 Å². The summed E-state index contributed by atoms with van der Waals surface area (Å²) in [5.74, 6) is 3.73. The number of thioether (sulfide) groups is 1. The Labute approximate surface area is 418 Å². The first-order valence-corrected chi connectivity index (χ1v) is 29.1. The molecule has 2 amide bonds. The number of aliphatic hydroxyl groups is 2. The zero-order valence-corrected chi connectivity index (χ0v) is 42.7. The first kappa shape index (κ1) is 50.6. The van der Waals surface area contributed by atoms with Crippen LogP contribution in [0.5, 0.6) is 0 Å². The minimum Gasteiger partial charge on any atom is -0.498 e. The van der Waals surface area contributed by atoms with Crippen LogP contribution in [0, 0.1) is 35.5 Å². The Kier molecular flexibility index (Phi) is 15.6. The van der Waals surface area contributed by atoms with E-state index in [1.807, 2.05) is 0 Å². The number of nitrogens with zero attached hydrogens (tertiary/aromatic N) is 3. The lowest BCUT2D eigenvalue weighted by atomic mass is 9.82. The van der Waals surface area contributed by atoms with E-state index in [2.05, 4.69) is 21.6 Å². The smallest absolute Gasteiger partial charge is 0.283 e.